The van der Waals surface area contributed by atoms with Gasteiger partial charge in [0.05, 0.1) is 29.2 Å². The molecule has 7 aromatic carbocycles. The van der Waals surface area contributed by atoms with E-state index in [0.29, 0.717) is 11.3 Å². The van der Waals surface area contributed by atoms with Gasteiger partial charge in [0.25, 0.3) is 0 Å². The Kier molecular flexibility index (Phi) is 6.44. The van der Waals surface area contributed by atoms with Crippen LogP contribution >= 0.6 is 11.3 Å². The fourth-order valence-corrected chi connectivity index (χ4v) is 8.31. The molecule has 2 heterocycles. The molecule has 0 fully saturated rings. The smallest absolute Gasteiger partial charge is 0.187 e. The average Bonchev–Trinajstić information content (AvgIpc) is 3.70. The molecule has 0 bridgehead atoms. The van der Waals surface area contributed by atoms with Crippen LogP contribution in [-0.4, -0.2) is 4.57 Å². The van der Waals surface area contributed by atoms with E-state index in [1.807, 2.05) is 41.7 Å². The topological polar surface area (TPSA) is 33.1 Å². The van der Waals surface area contributed by atoms with E-state index in [1.165, 1.54) is 25.7 Å². The number of thiophene rings is 1. The van der Waals surface area contributed by atoms with Crippen molar-refractivity contribution in [3.05, 3.63) is 169 Å². The van der Waals surface area contributed by atoms with E-state index in [4.69, 9.17) is 6.57 Å². The Morgan fingerprint density at radius 3 is 2.06 bits per heavy atom. The summed E-state index contributed by atoms with van der Waals surface area (Å²) in [6, 6.07) is 55.1. The predicted molar refractivity (Wildman–Crippen MR) is 201 cm³/mol. The Morgan fingerprint density at radius 1 is 0.562 bits per heavy atom. The Morgan fingerprint density at radius 2 is 1.23 bits per heavy atom. The van der Waals surface area contributed by atoms with E-state index < -0.39 is 0 Å². The molecule has 4 heteroatoms. The minimum absolute atomic E-state index is 0.621. The first-order valence-electron chi connectivity index (χ1n) is 15.8. The van der Waals surface area contributed by atoms with Gasteiger partial charge in [-0.05, 0) is 88.0 Å². The van der Waals surface area contributed by atoms with Crippen LogP contribution in [0.15, 0.2) is 152 Å². The van der Waals surface area contributed by atoms with Gasteiger partial charge < -0.3 is 4.57 Å². The van der Waals surface area contributed by atoms with Crippen LogP contribution in [0.4, 0.5) is 5.69 Å². The van der Waals surface area contributed by atoms with Crippen molar-refractivity contribution in [3.8, 4) is 45.1 Å². The van der Waals surface area contributed by atoms with Crippen molar-refractivity contribution >= 4 is 59.0 Å². The molecule has 0 saturated carbocycles. The van der Waals surface area contributed by atoms with Crippen LogP contribution in [0.5, 0.6) is 0 Å². The highest BCUT2D eigenvalue weighted by Gasteiger charge is 2.20. The molecule has 2 aromatic heterocycles. The summed E-state index contributed by atoms with van der Waals surface area (Å²) in [7, 11) is 0. The van der Waals surface area contributed by atoms with E-state index in [1.54, 1.807) is 0 Å². The minimum atomic E-state index is 0.621. The van der Waals surface area contributed by atoms with Crippen LogP contribution in [0, 0.1) is 17.9 Å². The fraction of sp³-hybridized carbons (Fsp3) is 0. The molecular weight excluding hydrogens is 603 g/mol. The zero-order valence-electron chi connectivity index (χ0n) is 25.7. The normalized spacial score (nSPS) is 11.3. The lowest BCUT2D eigenvalue weighted by Gasteiger charge is -2.18. The molecule has 0 aliphatic carbocycles. The van der Waals surface area contributed by atoms with Gasteiger partial charge in [-0.3, -0.25) is 0 Å². The maximum Gasteiger partial charge on any atom is 0.187 e. The fourth-order valence-electron chi connectivity index (χ4n) is 7.18. The molecule has 222 valence electrons. The summed E-state index contributed by atoms with van der Waals surface area (Å²) in [6.07, 6.45) is 0. The van der Waals surface area contributed by atoms with E-state index >= 15 is 0 Å². The highest BCUT2D eigenvalue weighted by atomic mass is 32.1. The summed E-state index contributed by atoms with van der Waals surface area (Å²) in [4.78, 5) is 3.75. The number of fused-ring (bicyclic) bond motifs is 6. The van der Waals surface area contributed by atoms with Gasteiger partial charge in [0, 0.05) is 36.6 Å². The number of aromatic nitrogens is 1. The van der Waals surface area contributed by atoms with Crippen LogP contribution in [0.3, 0.4) is 0 Å². The van der Waals surface area contributed by atoms with Gasteiger partial charge in [-0.15, -0.1) is 11.3 Å². The molecule has 0 spiro atoms. The van der Waals surface area contributed by atoms with E-state index in [2.05, 4.69) is 137 Å². The second-order valence-electron chi connectivity index (χ2n) is 11.9. The molecule has 0 amide bonds. The second-order valence-corrected chi connectivity index (χ2v) is 13.0. The summed E-state index contributed by atoms with van der Waals surface area (Å²) in [5, 5.41) is 14.3. The highest BCUT2D eigenvalue weighted by molar-refractivity contribution is 7.25. The van der Waals surface area contributed by atoms with Crippen molar-refractivity contribution < 1.29 is 0 Å². The Labute approximate surface area is 281 Å². The van der Waals surface area contributed by atoms with Crippen LogP contribution in [-0.2, 0) is 0 Å². The number of nitriles is 1. The number of hydrogen-bond acceptors (Lipinski definition) is 2. The van der Waals surface area contributed by atoms with Gasteiger partial charge in [0.1, 0.15) is 0 Å². The van der Waals surface area contributed by atoms with Gasteiger partial charge in [-0.2, -0.15) is 5.26 Å². The van der Waals surface area contributed by atoms with Crippen LogP contribution in [0.1, 0.15) is 5.56 Å². The maximum absolute atomic E-state index is 9.65. The van der Waals surface area contributed by atoms with Crippen molar-refractivity contribution in [2.24, 2.45) is 0 Å². The van der Waals surface area contributed by atoms with Crippen LogP contribution in [0.2, 0.25) is 0 Å². The number of para-hydroxylation sites is 1. The largest absolute Gasteiger partial charge is 0.309 e. The molecule has 0 radical (unpaired) electrons. The summed E-state index contributed by atoms with van der Waals surface area (Å²) in [6.45, 7) is 7.71. The van der Waals surface area contributed by atoms with Crippen LogP contribution in [0.25, 0.3) is 85.9 Å². The number of rotatable bonds is 4. The molecular formula is C44H25N3S. The quantitative estimate of drug-likeness (QED) is 0.179. The SMILES string of the molecule is [C-]#[N+]c1cccc(-c2cccc(-c3cccc(-n4c5ccccc5c5cc(C#N)ccc54)c3)c2-c2cccc3sc4ccccc4c23)c1. The lowest BCUT2D eigenvalue weighted by Crippen LogP contribution is -1.96. The number of hydrogen-bond donors (Lipinski definition) is 0. The lowest BCUT2D eigenvalue weighted by atomic mass is 9.86. The lowest BCUT2D eigenvalue weighted by molar-refractivity contribution is 1.18. The van der Waals surface area contributed by atoms with Gasteiger partial charge in [-0.1, -0.05) is 97.1 Å². The van der Waals surface area contributed by atoms with Crippen molar-refractivity contribution in [1.82, 2.24) is 4.57 Å². The van der Waals surface area contributed by atoms with E-state index in [0.717, 1.165) is 55.3 Å². The maximum atomic E-state index is 9.65. The molecule has 48 heavy (non-hydrogen) atoms. The average molecular weight is 628 g/mol. The Bertz CT molecular complexity index is 2820. The van der Waals surface area contributed by atoms with Gasteiger partial charge in [0.15, 0.2) is 5.69 Å². The number of benzene rings is 7. The summed E-state index contributed by atoms with van der Waals surface area (Å²) in [5.74, 6) is 0. The van der Waals surface area contributed by atoms with Gasteiger partial charge in [0.2, 0.25) is 0 Å². The summed E-state index contributed by atoms with van der Waals surface area (Å²) >= 11 is 1.82. The first kappa shape index (κ1) is 27.8. The summed E-state index contributed by atoms with van der Waals surface area (Å²) < 4.78 is 4.81. The molecule has 9 rings (SSSR count). The number of nitrogens with zero attached hydrogens (tertiary/aromatic N) is 3. The predicted octanol–water partition coefficient (Wildman–Crippen LogP) is 12.6. The zero-order valence-corrected chi connectivity index (χ0v) is 26.5. The second kappa shape index (κ2) is 11.1. The molecule has 0 saturated heterocycles. The van der Waals surface area contributed by atoms with Gasteiger partial charge in [-0.25, -0.2) is 4.85 Å². The summed E-state index contributed by atoms with van der Waals surface area (Å²) in [5.41, 5.74) is 11.1. The molecule has 3 nitrogen and oxygen atoms in total. The third kappa shape index (κ3) is 4.32. The first-order valence-corrected chi connectivity index (χ1v) is 16.6. The molecule has 0 atom stereocenters. The Balaban J connectivity index is 1.34. The Hall–Kier alpha value is -6.46. The molecule has 0 aliphatic rings. The molecule has 0 unspecified atom stereocenters. The molecule has 0 N–H and O–H groups in total. The van der Waals surface area contributed by atoms with Crippen molar-refractivity contribution in [2.45, 2.75) is 0 Å². The standard InChI is InChI=1S/C44H25N3S/c1-46-31-12-6-10-29(25-31)33-16-8-17-34(43(33)37-18-9-21-42-44(37)36-15-3-5-20-41(36)48-42)30-11-7-13-32(26-30)47-39-19-4-2-14-35(39)38-24-28(27-45)22-23-40(38)47/h2-26H. The van der Waals surface area contributed by atoms with E-state index in [-0.39, 0.29) is 0 Å². The zero-order chi connectivity index (χ0) is 32.2. The highest BCUT2D eigenvalue weighted by Crippen LogP contribution is 2.47. The van der Waals surface area contributed by atoms with Crippen LogP contribution < -0.4 is 0 Å². The third-order valence-corrected chi connectivity index (χ3v) is 10.4. The third-order valence-electron chi connectivity index (χ3n) is 9.24. The van der Waals surface area contributed by atoms with Crippen molar-refractivity contribution in [3.63, 3.8) is 0 Å². The molecule has 0 aliphatic heterocycles. The van der Waals surface area contributed by atoms with E-state index in [9.17, 15) is 5.26 Å². The first-order chi connectivity index (χ1) is 23.7. The monoisotopic (exact) mass is 627 g/mol. The molecule has 9 aromatic rings. The minimum Gasteiger partial charge on any atom is -0.309 e. The van der Waals surface area contributed by atoms with Crippen molar-refractivity contribution in [2.75, 3.05) is 0 Å². The van der Waals surface area contributed by atoms with Crippen molar-refractivity contribution in [1.29, 1.82) is 5.26 Å². The van der Waals surface area contributed by atoms with Gasteiger partial charge >= 0.3 is 0 Å².